The molecule has 1 aromatic heterocycles. The Morgan fingerprint density at radius 2 is 1.96 bits per heavy atom. The van der Waals surface area contributed by atoms with Crippen molar-refractivity contribution in [3.05, 3.63) is 47.2 Å². The molecule has 2 N–H and O–H groups in total. The second-order valence-electron chi connectivity index (χ2n) is 6.30. The number of hydrogen-bond acceptors (Lipinski definition) is 5. The van der Waals surface area contributed by atoms with Gasteiger partial charge in [-0.25, -0.2) is 14.4 Å². The summed E-state index contributed by atoms with van der Waals surface area (Å²) in [6.07, 6.45) is 1.12. The van der Waals surface area contributed by atoms with E-state index in [1.807, 2.05) is 36.9 Å². The molecule has 1 fully saturated rings. The number of aromatic nitrogens is 2. The molecular formula is C18H23FN4O. The maximum absolute atomic E-state index is 14.4. The normalized spacial score (nSPS) is 15.6. The Labute approximate surface area is 141 Å². The number of aliphatic hydroxyl groups is 1. The summed E-state index contributed by atoms with van der Waals surface area (Å²) in [5.41, 5.74) is 2.38. The highest BCUT2D eigenvalue weighted by Gasteiger charge is 2.19. The first kappa shape index (κ1) is 16.6. The summed E-state index contributed by atoms with van der Waals surface area (Å²) in [6.45, 7) is 5.65. The molecule has 0 aliphatic carbocycles. The van der Waals surface area contributed by atoms with Crippen LogP contribution in [0.2, 0.25) is 0 Å². The Hall–Kier alpha value is -2.21. The van der Waals surface area contributed by atoms with Crippen molar-refractivity contribution in [3.63, 3.8) is 0 Å². The van der Waals surface area contributed by atoms with E-state index < -0.39 is 0 Å². The first-order chi connectivity index (χ1) is 11.5. The van der Waals surface area contributed by atoms with E-state index in [9.17, 15) is 9.50 Å². The molecule has 6 heteroatoms. The van der Waals surface area contributed by atoms with Gasteiger partial charge in [-0.2, -0.15) is 0 Å². The number of piperidine rings is 1. The summed E-state index contributed by atoms with van der Waals surface area (Å²) in [5, 5.41) is 12.8. The number of aryl methyl sites for hydroxylation is 2. The minimum atomic E-state index is -0.257. The van der Waals surface area contributed by atoms with E-state index in [1.54, 1.807) is 6.07 Å². The highest BCUT2D eigenvalue weighted by molar-refractivity contribution is 5.50. The van der Waals surface area contributed by atoms with Crippen LogP contribution >= 0.6 is 0 Å². The third kappa shape index (κ3) is 4.00. The van der Waals surface area contributed by atoms with Gasteiger partial charge >= 0.3 is 0 Å². The molecule has 0 saturated carbocycles. The average Bonchev–Trinajstić information content (AvgIpc) is 2.53. The van der Waals surface area contributed by atoms with Crippen LogP contribution in [0.1, 0.15) is 29.9 Å². The molecule has 0 atom stereocenters. The highest BCUT2D eigenvalue weighted by Crippen LogP contribution is 2.24. The predicted octanol–water partition coefficient (Wildman–Crippen LogP) is 2.81. The molecule has 0 unspecified atom stereocenters. The summed E-state index contributed by atoms with van der Waals surface area (Å²) in [6, 6.07) is 7.18. The van der Waals surface area contributed by atoms with Gasteiger partial charge in [0.15, 0.2) is 0 Å². The molecule has 1 aliphatic heterocycles. The van der Waals surface area contributed by atoms with Crippen LogP contribution in [0.25, 0.3) is 0 Å². The maximum atomic E-state index is 14.4. The van der Waals surface area contributed by atoms with E-state index in [-0.39, 0.29) is 11.9 Å². The van der Waals surface area contributed by atoms with Crippen molar-refractivity contribution in [1.82, 2.24) is 9.97 Å². The van der Waals surface area contributed by atoms with Gasteiger partial charge in [0.05, 0.1) is 11.8 Å². The van der Waals surface area contributed by atoms with E-state index in [2.05, 4.69) is 15.3 Å². The number of nitrogens with one attached hydrogen (secondary N) is 1. The molecule has 1 aromatic carbocycles. The van der Waals surface area contributed by atoms with E-state index >= 15 is 0 Å². The van der Waals surface area contributed by atoms with Crippen molar-refractivity contribution in [3.8, 4) is 0 Å². The van der Waals surface area contributed by atoms with Crippen LogP contribution in [0.3, 0.4) is 0 Å². The third-order valence-corrected chi connectivity index (χ3v) is 4.26. The van der Waals surface area contributed by atoms with E-state index in [0.29, 0.717) is 44.0 Å². The molecule has 1 saturated heterocycles. The monoisotopic (exact) mass is 330 g/mol. The number of rotatable bonds is 4. The van der Waals surface area contributed by atoms with Crippen molar-refractivity contribution in [2.45, 2.75) is 39.3 Å². The first-order valence-corrected chi connectivity index (χ1v) is 8.29. The van der Waals surface area contributed by atoms with Crippen molar-refractivity contribution < 1.29 is 9.50 Å². The fraction of sp³-hybridized carbons (Fsp3) is 0.444. The fourth-order valence-corrected chi connectivity index (χ4v) is 3.02. The van der Waals surface area contributed by atoms with Gasteiger partial charge in [-0.1, -0.05) is 6.07 Å². The summed E-state index contributed by atoms with van der Waals surface area (Å²) >= 11 is 0. The zero-order valence-corrected chi connectivity index (χ0v) is 14.1. The minimum absolute atomic E-state index is 0.222. The van der Waals surface area contributed by atoms with Crippen LogP contribution in [0.4, 0.5) is 15.9 Å². The molecule has 0 radical (unpaired) electrons. The molecular weight excluding hydrogens is 307 g/mol. The van der Waals surface area contributed by atoms with Gasteiger partial charge in [0.1, 0.15) is 17.5 Å². The van der Waals surface area contributed by atoms with Gasteiger partial charge in [-0.05, 0) is 44.4 Å². The van der Waals surface area contributed by atoms with Gasteiger partial charge in [-0.15, -0.1) is 0 Å². The standard InChI is InChI=1S/C18H23FN4O/c1-12-9-18(22-13(2)21-12)20-11-14-3-4-17(16(19)10-14)23-7-5-15(24)6-8-23/h3-4,9-10,15,24H,5-8,11H2,1-2H3,(H,20,21,22). The SMILES string of the molecule is Cc1cc(NCc2ccc(N3CCC(O)CC3)c(F)c2)nc(C)n1. The summed E-state index contributed by atoms with van der Waals surface area (Å²) in [4.78, 5) is 10.6. The van der Waals surface area contributed by atoms with Crippen molar-refractivity contribution >= 4 is 11.5 Å². The Bertz CT molecular complexity index is 694. The summed E-state index contributed by atoms with van der Waals surface area (Å²) in [5.74, 6) is 1.24. The Morgan fingerprint density at radius 1 is 1.21 bits per heavy atom. The molecule has 0 spiro atoms. The van der Waals surface area contributed by atoms with E-state index in [0.717, 1.165) is 17.1 Å². The fourth-order valence-electron chi connectivity index (χ4n) is 3.02. The average molecular weight is 330 g/mol. The lowest BCUT2D eigenvalue weighted by Gasteiger charge is -2.31. The molecule has 2 heterocycles. The largest absolute Gasteiger partial charge is 0.393 e. The second kappa shape index (κ2) is 7.13. The lowest BCUT2D eigenvalue weighted by atomic mass is 10.1. The Balaban J connectivity index is 1.66. The van der Waals surface area contributed by atoms with Crippen LogP contribution in [-0.4, -0.2) is 34.3 Å². The molecule has 24 heavy (non-hydrogen) atoms. The molecule has 3 rings (SSSR count). The van der Waals surface area contributed by atoms with Crippen LogP contribution in [0.5, 0.6) is 0 Å². The predicted molar refractivity (Wildman–Crippen MR) is 92.7 cm³/mol. The van der Waals surface area contributed by atoms with Gasteiger partial charge in [-0.3, -0.25) is 0 Å². The maximum Gasteiger partial charge on any atom is 0.146 e. The Morgan fingerprint density at radius 3 is 2.62 bits per heavy atom. The molecule has 0 amide bonds. The van der Waals surface area contributed by atoms with Gasteiger partial charge in [0.2, 0.25) is 0 Å². The molecule has 1 aliphatic rings. The second-order valence-corrected chi connectivity index (χ2v) is 6.30. The minimum Gasteiger partial charge on any atom is -0.393 e. The number of hydrogen-bond donors (Lipinski definition) is 2. The third-order valence-electron chi connectivity index (χ3n) is 4.26. The number of aliphatic hydroxyl groups excluding tert-OH is 1. The van der Waals surface area contributed by atoms with Crippen LogP contribution in [0.15, 0.2) is 24.3 Å². The van der Waals surface area contributed by atoms with Crippen molar-refractivity contribution in [2.75, 3.05) is 23.3 Å². The summed E-state index contributed by atoms with van der Waals surface area (Å²) < 4.78 is 14.4. The van der Waals surface area contributed by atoms with E-state index in [4.69, 9.17) is 0 Å². The topological polar surface area (TPSA) is 61.3 Å². The molecule has 0 bridgehead atoms. The van der Waals surface area contributed by atoms with Crippen LogP contribution < -0.4 is 10.2 Å². The molecule has 2 aromatic rings. The van der Waals surface area contributed by atoms with Gasteiger partial charge in [0, 0.05) is 31.4 Å². The Kier molecular flexibility index (Phi) is 4.94. The first-order valence-electron chi connectivity index (χ1n) is 8.29. The van der Waals surface area contributed by atoms with Crippen molar-refractivity contribution in [2.24, 2.45) is 0 Å². The highest BCUT2D eigenvalue weighted by atomic mass is 19.1. The molecule has 5 nitrogen and oxygen atoms in total. The number of benzene rings is 1. The zero-order chi connectivity index (χ0) is 17.1. The smallest absolute Gasteiger partial charge is 0.146 e. The van der Waals surface area contributed by atoms with Crippen LogP contribution in [-0.2, 0) is 6.54 Å². The van der Waals surface area contributed by atoms with Crippen LogP contribution in [0, 0.1) is 19.7 Å². The zero-order valence-electron chi connectivity index (χ0n) is 14.1. The summed E-state index contributed by atoms with van der Waals surface area (Å²) in [7, 11) is 0. The number of nitrogens with zero attached hydrogens (tertiary/aromatic N) is 3. The van der Waals surface area contributed by atoms with Gasteiger partial charge in [0.25, 0.3) is 0 Å². The van der Waals surface area contributed by atoms with Crippen molar-refractivity contribution in [1.29, 1.82) is 0 Å². The lowest BCUT2D eigenvalue weighted by Crippen LogP contribution is -2.36. The quantitative estimate of drug-likeness (QED) is 0.903. The lowest BCUT2D eigenvalue weighted by molar-refractivity contribution is 0.145. The number of halogens is 1. The molecule has 128 valence electrons. The van der Waals surface area contributed by atoms with Gasteiger partial charge < -0.3 is 15.3 Å². The van der Waals surface area contributed by atoms with E-state index in [1.165, 1.54) is 0 Å². The number of anilines is 2.